The van der Waals surface area contributed by atoms with Gasteiger partial charge in [-0.05, 0) is 68.3 Å². The van der Waals surface area contributed by atoms with Crippen molar-refractivity contribution in [2.75, 3.05) is 0 Å². The standard InChI is InChI=1S/C50H35N3/c1-50(2)44-29-28-41(30-43(44)48-42(32-51)14-9-15-45(48)50)37-18-16-35(17-19-37)36-20-24-39(25-21-36)47-31-46(38-12-7-4-8-13-38)52-49(53-47)40-26-22-34(23-27-40)33-10-5-3-6-11-33/h3-31H,1-2H3. The molecule has 0 saturated heterocycles. The minimum Gasteiger partial charge on any atom is -0.228 e. The quantitative estimate of drug-likeness (QED) is 0.176. The van der Waals surface area contributed by atoms with Gasteiger partial charge in [0.1, 0.15) is 0 Å². The molecule has 250 valence electrons. The van der Waals surface area contributed by atoms with Gasteiger partial charge >= 0.3 is 0 Å². The van der Waals surface area contributed by atoms with Crippen molar-refractivity contribution in [1.82, 2.24) is 9.97 Å². The molecule has 7 aromatic carbocycles. The molecular formula is C50H35N3. The third-order valence-corrected chi connectivity index (χ3v) is 10.6. The fourth-order valence-electron chi connectivity index (χ4n) is 7.69. The van der Waals surface area contributed by atoms with Gasteiger partial charge in [0, 0.05) is 27.7 Å². The molecule has 0 unspecified atom stereocenters. The molecule has 1 aliphatic rings. The van der Waals surface area contributed by atoms with Crippen LogP contribution in [0.3, 0.4) is 0 Å². The maximum Gasteiger partial charge on any atom is 0.160 e. The van der Waals surface area contributed by atoms with Gasteiger partial charge in [-0.2, -0.15) is 5.26 Å². The Hall–Kier alpha value is -6.89. The summed E-state index contributed by atoms with van der Waals surface area (Å²) in [6.07, 6.45) is 0. The van der Waals surface area contributed by atoms with Crippen LogP contribution < -0.4 is 0 Å². The Bertz CT molecular complexity index is 2650. The monoisotopic (exact) mass is 677 g/mol. The summed E-state index contributed by atoms with van der Waals surface area (Å²) in [6.45, 7) is 4.49. The van der Waals surface area contributed by atoms with E-state index in [-0.39, 0.29) is 5.41 Å². The first-order chi connectivity index (χ1) is 26.0. The van der Waals surface area contributed by atoms with Crippen molar-refractivity contribution in [2.24, 2.45) is 0 Å². The predicted molar refractivity (Wildman–Crippen MR) is 217 cm³/mol. The van der Waals surface area contributed by atoms with E-state index in [1.807, 2.05) is 36.4 Å². The molecule has 3 heteroatoms. The minimum atomic E-state index is -0.142. The fraction of sp³-hybridized carbons (Fsp3) is 0.0600. The van der Waals surface area contributed by atoms with Crippen LogP contribution in [0.5, 0.6) is 0 Å². The summed E-state index contributed by atoms with van der Waals surface area (Å²) in [5, 5.41) is 9.91. The maximum absolute atomic E-state index is 9.91. The molecule has 0 bridgehead atoms. The van der Waals surface area contributed by atoms with E-state index in [9.17, 15) is 5.26 Å². The van der Waals surface area contributed by atoms with Crippen LogP contribution in [0.15, 0.2) is 176 Å². The molecule has 1 heterocycles. The van der Waals surface area contributed by atoms with Gasteiger partial charge in [-0.25, -0.2) is 9.97 Å². The lowest BCUT2D eigenvalue weighted by molar-refractivity contribution is 0.660. The van der Waals surface area contributed by atoms with Crippen LogP contribution in [-0.2, 0) is 5.41 Å². The lowest BCUT2D eigenvalue weighted by Gasteiger charge is -2.21. The topological polar surface area (TPSA) is 49.6 Å². The third-order valence-electron chi connectivity index (χ3n) is 10.6. The second-order valence-corrected chi connectivity index (χ2v) is 14.2. The summed E-state index contributed by atoms with van der Waals surface area (Å²) in [6, 6.07) is 63.8. The van der Waals surface area contributed by atoms with Crippen molar-refractivity contribution in [3.05, 3.63) is 193 Å². The Kier molecular flexibility index (Phi) is 7.87. The minimum absolute atomic E-state index is 0.142. The van der Waals surface area contributed by atoms with Gasteiger partial charge in [0.2, 0.25) is 0 Å². The van der Waals surface area contributed by atoms with Crippen LogP contribution in [0.4, 0.5) is 0 Å². The Morgan fingerprint density at radius 1 is 0.415 bits per heavy atom. The number of nitriles is 1. The molecule has 53 heavy (non-hydrogen) atoms. The summed E-state index contributed by atoms with van der Waals surface area (Å²) >= 11 is 0. The molecule has 1 aromatic heterocycles. The Balaban J connectivity index is 1.01. The number of fused-ring (bicyclic) bond motifs is 3. The van der Waals surface area contributed by atoms with Gasteiger partial charge in [0.25, 0.3) is 0 Å². The lowest BCUT2D eigenvalue weighted by Crippen LogP contribution is -2.14. The molecule has 8 aromatic rings. The molecule has 0 saturated carbocycles. The summed E-state index contributed by atoms with van der Waals surface area (Å²) in [5.74, 6) is 0.697. The van der Waals surface area contributed by atoms with E-state index in [2.05, 4.69) is 159 Å². The zero-order chi connectivity index (χ0) is 35.9. The average Bonchev–Trinajstić information content (AvgIpc) is 3.47. The van der Waals surface area contributed by atoms with E-state index in [1.165, 1.54) is 16.7 Å². The number of benzene rings is 7. The molecule has 1 aliphatic carbocycles. The Labute approximate surface area is 310 Å². The van der Waals surface area contributed by atoms with Gasteiger partial charge in [-0.3, -0.25) is 0 Å². The summed E-state index contributed by atoms with van der Waals surface area (Å²) in [4.78, 5) is 10.1. The number of hydrogen-bond acceptors (Lipinski definition) is 3. The normalized spacial score (nSPS) is 12.5. The molecule has 0 amide bonds. The fourth-order valence-corrected chi connectivity index (χ4v) is 7.69. The van der Waals surface area contributed by atoms with Gasteiger partial charge in [-0.1, -0.05) is 172 Å². The third kappa shape index (κ3) is 5.81. The van der Waals surface area contributed by atoms with Crippen LogP contribution in [0.25, 0.3) is 78.4 Å². The molecule has 0 radical (unpaired) electrons. The average molecular weight is 678 g/mol. The summed E-state index contributed by atoms with van der Waals surface area (Å²) in [7, 11) is 0. The first kappa shape index (κ1) is 32.0. The van der Waals surface area contributed by atoms with Gasteiger partial charge < -0.3 is 0 Å². The van der Waals surface area contributed by atoms with Crippen molar-refractivity contribution in [1.29, 1.82) is 5.26 Å². The van der Waals surface area contributed by atoms with Gasteiger partial charge in [-0.15, -0.1) is 0 Å². The number of aromatic nitrogens is 2. The largest absolute Gasteiger partial charge is 0.228 e. The number of hydrogen-bond donors (Lipinski definition) is 0. The van der Waals surface area contributed by atoms with Crippen LogP contribution >= 0.6 is 0 Å². The van der Waals surface area contributed by atoms with Crippen molar-refractivity contribution >= 4 is 0 Å². The van der Waals surface area contributed by atoms with Crippen molar-refractivity contribution in [2.45, 2.75) is 19.3 Å². The van der Waals surface area contributed by atoms with E-state index in [1.54, 1.807) is 0 Å². The highest BCUT2D eigenvalue weighted by Gasteiger charge is 2.36. The van der Waals surface area contributed by atoms with Crippen LogP contribution in [0.1, 0.15) is 30.5 Å². The highest BCUT2D eigenvalue weighted by atomic mass is 14.9. The van der Waals surface area contributed by atoms with Crippen LogP contribution in [0.2, 0.25) is 0 Å². The Morgan fingerprint density at radius 3 is 1.43 bits per heavy atom. The smallest absolute Gasteiger partial charge is 0.160 e. The number of rotatable bonds is 6. The number of nitrogens with zero attached hydrogens (tertiary/aromatic N) is 3. The second kappa shape index (κ2) is 13.0. The molecular weight excluding hydrogens is 643 g/mol. The van der Waals surface area contributed by atoms with Crippen molar-refractivity contribution in [3.63, 3.8) is 0 Å². The van der Waals surface area contributed by atoms with Crippen molar-refractivity contribution < 1.29 is 0 Å². The van der Waals surface area contributed by atoms with E-state index in [0.717, 1.165) is 72.6 Å². The molecule has 9 rings (SSSR count). The maximum atomic E-state index is 9.91. The zero-order valence-corrected chi connectivity index (χ0v) is 29.6. The highest BCUT2D eigenvalue weighted by molar-refractivity contribution is 5.88. The lowest BCUT2D eigenvalue weighted by atomic mass is 9.82. The van der Waals surface area contributed by atoms with Gasteiger partial charge in [0.15, 0.2) is 5.82 Å². The molecule has 3 nitrogen and oxygen atoms in total. The van der Waals surface area contributed by atoms with Crippen LogP contribution in [0, 0.1) is 11.3 Å². The van der Waals surface area contributed by atoms with E-state index in [4.69, 9.17) is 9.97 Å². The van der Waals surface area contributed by atoms with Crippen LogP contribution in [-0.4, -0.2) is 9.97 Å². The van der Waals surface area contributed by atoms with Gasteiger partial charge in [0.05, 0.1) is 23.0 Å². The zero-order valence-electron chi connectivity index (χ0n) is 29.6. The van der Waals surface area contributed by atoms with E-state index < -0.39 is 0 Å². The molecule has 0 N–H and O–H groups in total. The SMILES string of the molecule is CC1(C)c2ccc(-c3ccc(-c4ccc(-c5cc(-c6ccccc6)nc(-c6ccc(-c7ccccc7)cc6)n5)cc4)cc3)cc2-c2c(C#N)cccc21. The predicted octanol–water partition coefficient (Wildman–Crippen LogP) is 12.7. The van der Waals surface area contributed by atoms with E-state index >= 15 is 0 Å². The first-order valence-corrected chi connectivity index (χ1v) is 18.0. The molecule has 0 atom stereocenters. The first-order valence-electron chi connectivity index (χ1n) is 18.0. The van der Waals surface area contributed by atoms with Crippen molar-refractivity contribution in [3.8, 4) is 84.5 Å². The van der Waals surface area contributed by atoms with E-state index in [0.29, 0.717) is 5.82 Å². The Morgan fingerprint density at radius 2 is 0.868 bits per heavy atom. The molecule has 0 aliphatic heterocycles. The second-order valence-electron chi connectivity index (χ2n) is 14.2. The highest BCUT2D eigenvalue weighted by Crippen LogP contribution is 2.50. The molecule has 0 spiro atoms. The molecule has 0 fully saturated rings. The summed E-state index contributed by atoms with van der Waals surface area (Å²) in [5.41, 5.74) is 17.0. The summed E-state index contributed by atoms with van der Waals surface area (Å²) < 4.78 is 0.